The maximum absolute atomic E-state index is 15.1. The molecule has 2 aromatic carbocycles. The molecule has 1 amide bonds. The minimum absolute atomic E-state index is 0.0185. The molecule has 256 valence electrons. The smallest absolute Gasteiger partial charge is 0.416 e. The summed E-state index contributed by atoms with van der Waals surface area (Å²) in [6, 6.07) is 11.4. The first-order chi connectivity index (χ1) is 23.4. The lowest BCUT2D eigenvalue weighted by Gasteiger charge is -2.35. The number of alkyl halides is 3. The fourth-order valence-corrected chi connectivity index (χ4v) is 6.74. The van der Waals surface area contributed by atoms with Gasteiger partial charge in [-0.1, -0.05) is 18.2 Å². The molecule has 0 bridgehead atoms. The third kappa shape index (κ3) is 6.90. The molecule has 1 N–H and O–H groups in total. The lowest BCUT2D eigenvalue weighted by atomic mass is 9.93. The Kier molecular flexibility index (Phi) is 8.65. The Morgan fingerprint density at radius 3 is 2.55 bits per heavy atom. The van der Waals surface area contributed by atoms with Gasteiger partial charge in [0.05, 0.1) is 35.5 Å². The number of likely N-dealkylation sites (N-methyl/N-ethyl adjacent to an activating group) is 1. The Morgan fingerprint density at radius 2 is 1.82 bits per heavy atom. The zero-order chi connectivity index (χ0) is 34.4. The fourth-order valence-electron chi connectivity index (χ4n) is 6.74. The van der Waals surface area contributed by atoms with Crippen LogP contribution in [0.2, 0.25) is 0 Å². The van der Waals surface area contributed by atoms with E-state index in [1.807, 2.05) is 31.1 Å². The zero-order valence-corrected chi connectivity index (χ0v) is 27.5. The monoisotopic (exact) mass is 675 g/mol. The van der Waals surface area contributed by atoms with E-state index in [0.29, 0.717) is 47.6 Å². The molecular weight excluding hydrogens is 638 g/mol. The van der Waals surface area contributed by atoms with Gasteiger partial charge in [-0.05, 0) is 66.9 Å². The van der Waals surface area contributed by atoms with Crippen molar-refractivity contribution in [2.45, 2.75) is 45.1 Å². The van der Waals surface area contributed by atoms with Gasteiger partial charge >= 0.3 is 6.18 Å². The Morgan fingerprint density at radius 1 is 1.02 bits per heavy atom. The van der Waals surface area contributed by atoms with E-state index in [2.05, 4.69) is 20.0 Å². The molecule has 0 saturated carbocycles. The normalized spacial score (nSPS) is 17.4. The first-order valence-corrected chi connectivity index (χ1v) is 16.3. The summed E-state index contributed by atoms with van der Waals surface area (Å²) in [6.07, 6.45) is 0.512. The predicted molar refractivity (Wildman–Crippen MR) is 176 cm³/mol. The van der Waals surface area contributed by atoms with E-state index in [-0.39, 0.29) is 42.8 Å². The standard InChI is InChI=1S/C36H37F4N7O2/c1-22-12-24-6-7-28(49-34-29-16-32(27-17-42-45(3)19-27)43-35(29)41-18-31(34)37)15-26(24)21-47(22)33(48)14-23-4-5-25(30(13-23)36(38,39)40)20-46-10-8-44(2)9-11-46/h4-7,13,15-19,22H,8-12,14,20-21H2,1-3H3,(H,41,43)/t22-/m1/s1. The van der Waals surface area contributed by atoms with Gasteiger partial charge in [0.15, 0.2) is 11.6 Å². The average molecular weight is 676 g/mol. The van der Waals surface area contributed by atoms with Crippen LogP contribution in [0.1, 0.15) is 34.7 Å². The fraction of sp³-hybridized carbons (Fsp3) is 0.361. The van der Waals surface area contributed by atoms with Crippen molar-refractivity contribution >= 4 is 16.9 Å². The molecule has 0 spiro atoms. The second-order valence-corrected chi connectivity index (χ2v) is 13.1. The molecule has 2 aliphatic heterocycles. The van der Waals surface area contributed by atoms with Crippen LogP contribution in [0.4, 0.5) is 17.6 Å². The number of H-pyrrole nitrogens is 1. The number of halogens is 4. The molecule has 5 heterocycles. The number of aromatic nitrogens is 4. The number of rotatable bonds is 7. The topological polar surface area (TPSA) is 82.5 Å². The summed E-state index contributed by atoms with van der Waals surface area (Å²) in [5.74, 6) is -0.478. The number of aromatic amines is 1. The minimum atomic E-state index is -4.53. The molecule has 9 nitrogen and oxygen atoms in total. The molecule has 1 saturated heterocycles. The lowest BCUT2D eigenvalue weighted by molar-refractivity contribution is -0.139. The highest BCUT2D eigenvalue weighted by atomic mass is 19.4. The molecule has 0 aliphatic carbocycles. The Balaban J connectivity index is 1.08. The summed E-state index contributed by atoms with van der Waals surface area (Å²) in [7, 11) is 3.81. The second-order valence-electron chi connectivity index (χ2n) is 13.1. The number of carbonyl (C=O) groups excluding carboxylic acids is 1. The van der Waals surface area contributed by atoms with Crippen LogP contribution >= 0.6 is 0 Å². The molecule has 2 aliphatic rings. The van der Waals surface area contributed by atoms with Crippen molar-refractivity contribution < 1.29 is 27.1 Å². The average Bonchev–Trinajstić information content (AvgIpc) is 3.70. The van der Waals surface area contributed by atoms with Crippen LogP contribution in [0.25, 0.3) is 22.3 Å². The molecule has 5 aromatic rings. The van der Waals surface area contributed by atoms with Crippen LogP contribution in [-0.4, -0.2) is 79.6 Å². The molecule has 3 aromatic heterocycles. The zero-order valence-electron chi connectivity index (χ0n) is 27.5. The number of hydrogen-bond acceptors (Lipinski definition) is 6. The van der Waals surface area contributed by atoms with Crippen LogP contribution in [0.15, 0.2) is 61.1 Å². The number of nitrogens with zero attached hydrogens (tertiary/aromatic N) is 6. The number of piperazine rings is 1. The number of amides is 1. The number of aryl methyl sites for hydroxylation is 1. The summed E-state index contributed by atoms with van der Waals surface area (Å²) in [5, 5.41) is 4.66. The third-order valence-electron chi connectivity index (χ3n) is 9.51. The second kappa shape index (κ2) is 12.9. The third-order valence-corrected chi connectivity index (χ3v) is 9.51. The van der Waals surface area contributed by atoms with Crippen molar-refractivity contribution in [2.24, 2.45) is 7.05 Å². The van der Waals surface area contributed by atoms with Gasteiger partial charge < -0.3 is 19.5 Å². The van der Waals surface area contributed by atoms with Crippen molar-refractivity contribution in [3.8, 4) is 22.8 Å². The summed E-state index contributed by atoms with van der Waals surface area (Å²) in [4.78, 5) is 26.8. The SMILES string of the molecule is C[C@@H]1Cc2ccc(Oc3c(F)cnc4[nH]c(-c5cnn(C)c5)cc34)cc2CN1C(=O)Cc1ccc(CN2CCN(C)CC2)c(C(F)(F)F)c1. The number of ether oxygens (including phenoxy) is 1. The molecule has 0 radical (unpaired) electrons. The van der Waals surface area contributed by atoms with E-state index in [1.165, 1.54) is 6.07 Å². The molecular formula is C36H37F4N7O2. The number of fused-ring (bicyclic) bond motifs is 2. The van der Waals surface area contributed by atoms with Crippen LogP contribution in [0, 0.1) is 5.82 Å². The van der Waals surface area contributed by atoms with E-state index in [9.17, 15) is 18.0 Å². The van der Waals surface area contributed by atoms with Crippen LogP contribution in [-0.2, 0) is 43.9 Å². The van der Waals surface area contributed by atoms with E-state index in [0.717, 1.165) is 42.0 Å². The van der Waals surface area contributed by atoms with Gasteiger partial charge in [-0.2, -0.15) is 18.3 Å². The van der Waals surface area contributed by atoms with Crippen LogP contribution in [0.3, 0.4) is 0 Å². The number of pyridine rings is 1. The van der Waals surface area contributed by atoms with Gasteiger partial charge in [-0.3, -0.25) is 14.4 Å². The van der Waals surface area contributed by atoms with E-state index < -0.39 is 17.6 Å². The van der Waals surface area contributed by atoms with Crippen molar-refractivity contribution in [1.82, 2.24) is 34.4 Å². The number of benzene rings is 2. The highest BCUT2D eigenvalue weighted by molar-refractivity contribution is 5.88. The largest absolute Gasteiger partial charge is 0.453 e. The minimum Gasteiger partial charge on any atom is -0.453 e. The van der Waals surface area contributed by atoms with E-state index in [1.54, 1.807) is 47.1 Å². The number of carbonyl (C=O) groups is 1. The van der Waals surface area contributed by atoms with Gasteiger partial charge in [-0.15, -0.1) is 0 Å². The first kappa shape index (κ1) is 32.8. The van der Waals surface area contributed by atoms with E-state index in [4.69, 9.17) is 4.74 Å². The van der Waals surface area contributed by atoms with Gasteiger partial charge in [0.2, 0.25) is 5.91 Å². The molecule has 49 heavy (non-hydrogen) atoms. The molecule has 1 atom stereocenters. The highest BCUT2D eigenvalue weighted by Crippen LogP contribution is 2.37. The van der Waals surface area contributed by atoms with Crippen molar-refractivity contribution in [1.29, 1.82) is 0 Å². The number of nitrogens with one attached hydrogen (secondary N) is 1. The molecule has 1 fully saturated rings. The quantitative estimate of drug-likeness (QED) is 0.208. The van der Waals surface area contributed by atoms with Crippen molar-refractivity contribution in [2.75, 3.05) is 33.2 Å². The van der Waals surface area contributed by atoms with Gasteiger partial charge in [0.25, 0.3) is 0 Å². The molecule has 13 heteroatoms. The van der Waals surface area contributed by atoms with Gasteiger partial charge in [-0.25, -0.2) is 9.37 Å². The van der Waals surface area contributed by atoms with Crippen molar-refractivity contribution in [3.63, 3.8) is 0 Å². The highest BCUT2D eigenvalue weighted by Gasteiger charge is 2.35. The summed E-state index contributed by atoms with van der Waals surface area (Å²) >= 11 is 0. The number of hydrogen-bond donors (Lipinski definition) is 1. The van der Waals surface area contributed by atoms with E-state index >= 15 is 4.39 Å². The molecule has 7 rings (SSSR count). The van der Waals surface area contributed by atoms with Crippen LogP contribution in [0.5, 0.6) is 11.5 Å². The Labute approximate surface area is 281 Å². The van der Waals surface area contributed by atoms with Crippen molar-refractivity contribution in [3.05, 3.63) is 94.7 Å². The van der Waals surface area contributed by atoms with Crippen LogP contribution < -0.4 is 4.74 Å². The molecule has 0 unspecified atom stereocenters. The lowest BCUT2D eigenvalue weighted by Crippen LogP contribution is -2.44. The predicted octanol–water partition coefficient (Wildman–Crippen LogP) is 6.18. The maximum Gasteiger partial charge on any atom is 0.416 e. The Bertz CT molecular complexity index is 2010. The van der Waals surface area contributed by atoms with Gasteiger partial charge in [0, 0.05) is 64.1 Å². The summed E-state index contributed by atoms with van der Waals surface area (Å²) in [5.41, 5.74) is 3.70. The summed E-state index contributed by atoms with van der Waals surface area (Å²) in [6.45, 7) is 5.43. The van der Waals surface area contributed by atoms with Gasteiger partial charge in [0.1, 0.15) is 11.4 Å². The first-order valence-electron chi connectivity index (χ1n) is 16.3. The summed E-state index contributed by atoms with van der Waals surface area (Å²) < 4.78 is 65.4. The maximum atomic E-state index is 15.1. The Hall–Kier alpha value is -4.75.